The van der Waals surface area contributed by atoms with Gasteiger partial charge in [0, 0.05) is 27.6 Å². The summed E-state index contributed by atoms with van der Waals surface area (Å²) in [6.07, 6.45) is 5.87. The lowest BCUT2D eigenvalue weighted by molar-refractivity contribution is 0.0520. The second-order valence-corrected chi connectivity index (χ2v) is 13.7. The van der Waals surface area contributed by atoms with E-state index in [1.807, 2.05) is 25.1 Å². The highest BCUT2D eigenvalue weighted by atomic mass is 35.5. The van der Waals surface area contributed by atoms with Crippen LogP contribution in [0.15, 0.2) is 78.3 Å². The topological polar surface area (TPSA) is 74.6 Å². The number of hydrogen-bond donors (Lipinski definition) is 0. The van der Waals surface area contributed by atoms with E-state index in [4.69, 9.17) is 20.9 Å². The molecule has 0 bridgehead atoms. The molecule has 0 radical (unpaired) electrons. The van der Waals surface area contributed by atoms with Gasteiger partial charge < -0.3 is 9.26 Å². The fourth-order valence-corrected chi connectivity index (χ4v) is 8.07. The van der Waals surface area contributed by atoms with Crippen molar-refractivity contribution in [2.75, 3.05) is 13.2 Å². The van der Waals surface area contributed by atoms with Gasteiger partial charge in [-0.15, -0.1) is 0 Å². The van der Waals surface area contributed by atoms with Crippen LogP contribution in [-0.4, -0.2) is 31.6 Å². The molecule has 0 aliphatic rings. The van der Waals surface area contributed by atoms with E-state index in [-0.39, 0.29) is 22.6 Å². The van der Waals surface area contributed by atoms with Crippen LogP contribution >= 0.6 is 19.7 Å². The molecule has 9 heteroatoms. The summed E-state index contributed by atoms with van der Waals surface area (Å²) < 4.78 is 41.2. The number of benzene rings is 2. The number of carbonyl (C=O) groups is 1. The van der Waals surface area contributed by atoms with Crippen LogP contribution in [0.5, 0.6) is 0 Å². The second kappa shape index (κ2) is 12.6. The zero-order chi connectivity index (χ0) is 29.0. The van der Waals surface area contributed by atoms with Crippen LogP contribution in [0.3, 0.4) is 0 Å². The molecule has 0 spiro atoms. The molecule has 1 atom stereocenters. The van der Waals surface area contributed by atoms with Crippen molar-refractivity contribution in [2.24, 2.45) is 0 Å². The first-order chi connectivity index (χ1) is 18.4. The van der Waals surface area contributed by atoms with Crippen LogP contribution in [-0.2, 0) is 24.7 Å². The smallest absolute Gasteiger partial charge is 0.356 e. The molecular weight excluding hydrogens is 553 g/mol. The number of carbonyl (C=O) groups excluding carboxylic acids is 1. The molecule has 2 aromatic carbocycles. The Kier molecular flexibility index (Phi) is 10.0. The Morgan fingerprint density at radius 2 is 1.85 bits per heavy atom. The van der Waals surface area contributed by atoms with Gasteiger partial charge in [0.2, 0.25) is 0 Å². The van der Waals surface area contributed by atoms with Gasteiger partial charge in [-0.05, 0) is 68.2 Å². The summed E-state index contributed by atoms with van der Waals surface area (Å²) in [6.45, 7) is 15.7. The number of aromatic nitrogens is 1. The summed E-state index contributed by atoms with van der Waals surface area (Å²) in [5, 5.41) is 2.19. The van der Waals surface area contributed by atoms with Crippen LogP contribution in [0.4, 0.5) is 0 Å². The fraction of sp³-hybridized carbons (Fsp3) is 0.300. The largest absolute Gasteiger partial charge is 0.461 e. The third-order valence-electron chi connectivity index (χ3n) is 5.89. The van der Waals surface area contributed by atoms with Crippen LogP contribution in [0.2, 0.25) is 5.02 Å². The SMILES string of the molecule is C=C/C=C(\C=C/C)S(=O)(=O)n1c(C(=O)OCC)c(P(OCC)c2cccc(C(C)(C)C)c2)c2cc(Cl)ccc21. The number of halogens is 1. The molecular formula is C30H35ClNO5PS. The first-order valence-corrected chi connectivity index (χ1v) is 15.8. The Morgan fingerprint density at radius 1 is 1.13 bits per heavy atom. The van der Waals surface area contributed by atoms with Gasteiger partial charge in [-0.3, -0.25) is 0 Å². The number of nitrogens with zero attached hydrogens (tertiary/aromatic N) is 1. The molecule has 0 fully saturated rings. The number of fused-ring (bicyclic) bond motifs is 1. The lowest BCUT2D eigenvalue weighted by atomic mass is 9.87. The lowest BCUT2D eigenvalue weighted by Crippen LogP contribution is -2.27. The van der Waals surface area contributed by atoms with Gasteiger partial charge in [0.05, 0.1) is 25.2 Å². The molecule has 0 amide bonds. The Hall–Kier alpha value is -2.70. The van der Waals surface area contributed by atoms with Gasteiger partial charge in [-0.2, -0.15) is 0 Å². The highest BCUT2D eigenvalue weighted by molar-refractivity contribution is 7.94. The maximum Gasteiger partial charge on any atom is 0.356 e. The Morgan fingerprint density at radius 3 is 2.44 bits per heavy atom. The first kappa shape index (κ1) is 30.8. The second-order valence-electron chi connectivity index (χ2n) is 9.67. The molecule has 3 aromatic rings. The van der Waals surface area contributed by atoms with Crippen LogP contribution in [0.25, 0.3) is 10.9 Å². The minimum absolute atomic E-state index is 0.0283. The van der Waals surface area contributed by atoms with Crippen molar-refractivity contribution in [2.45, 2.75) is 47.0 Å². The molecule has 0 saturated heterocycles. The molecule has 3 rings (SSSR count). The minimum atomic E-state index is -4.27. The monoisotopic (exact) mass is 587 g/mol. The molecule has 1 aromatic heterocycles. The van der Waals surface area contributed by atoms with E-state index in [2.05, 4.69) is 33.4 Å². The molecule has 1 heterocycles. The Bertz CT molecular complexity index is 1550. The van der Waals surface area contributed by atoms with Gasteiger partial charge in [0.25, 0.3) is 10.0 Å². The summed E-state index contributed by atoms with van der Waals surface area (Å²) in [4.78, 5) is 13.6. The average Bonchev–Trinajstić information content (AvgIpc) is 3.21. The quantitative estimate of drug-likeness (QED) is 0.145. The molecule has 0 N–H and O–H groups in total. The van der Waals surface area contributed by atoms with Gasteiger partial charge >= 0.3 is 5.97 Å². The minimum Gasteiger partial charge on any atom is -0.461 e. The Balaban J connectivity index is 2.55. The normalized spacial score (nSPS) is 13.7. The summed E-state index contributed by atoms with van der Waals surface area (Å²) in [6, 6.07) is 12.9. The molecule has 208 valence electrons. The van der Waals surface area contributed by atoms with Crippen LogP contribution in [0, 0.1) is 0 Å². The lowest BCUT2D eigenvalue weighted by Gasteiger charge is -2.23. The molecule has 0 aliphatic carbocycles. The van der Waals surface area contributed by atoms with Crippen molar-refractivity contribution in [3.05, 3.63) is 94.5 Å². The zero-order valence-corrected chi connectivity index (χ0v) is 25.7. The van der Waals surface area contributed by atoms with Crippen LogP contribution < -0.4 is 10.6 Å². The van der Waals surface area contributed by atoms with Crippen molar-refractivity contribution in [1.29, 1.82) is 0 Å². The van der Waals surface area contributed by atoms with E-state index >= 15 is 0 Å². The zero-order valence-electron chi connectivity index (χ0n) is 23.2. The highest BCUT2D eigenvalue weighted by Gasteiger charge is 2.36. The number of ether oxygens (including phenoxy) is 1. The maximum atomic E-state index is 14.2. The summed E-state index contributed by atoms with van der Waals surface area (Å²) in [5.41, 5.74) is 1.15. The standard InChI is InChI=1S/C30H35ClNO5PS/c1-8-13-24(14-9-2)39(34,35)32-26-18-17-22(31)20-25(26)28(27(32)29(33)36-10-3)38(37-11-4)23-16-12-15-21(19-23)30(5,6)7/h8-9,12-20H,1,10-11H2,2-7H3/b14-9-,24-13+. The predicted molar refractivity (Wildman–Crippen MR) is 163 cm³/mol. The highest BCUT2D eigenvalue weighted by Crippen LogP contribution is 2.42. The van der Waals surface area contributed by atoms with Crippen molar-refractivity contribution >= 4 is 57.3 Å². The van der Waals surface area contributed by atoms with E-state index in [9.17, 15) is 13.2 Å². The van der Waals surface area contributed by atoms with Gasteiger partial charge in [0.1, 0.15) is 0 Å². The molecule has 6 nitrogen and oxygen atoms in total. The van der Waals surface area contributed by atoms with Crippen molar-refractivity contribution in [1.82, 2.24) is 3.97 Å². The van der Waals surface area contributed by atoms with E-state index in [1.165, 1.54) is 18.2 Å². The third-order valence-corrected chi connectivity index (χ3v) is 9.97. The number of rotatable bonds is 10. The third kappa shape index (κ3) is 6.38. The average molecular weight is 588 g/mol. The van der Waals surface area contributed by atoms with Crippen molar-refractivity contribution in [3.63, 3.8) is 0 Å². The summed E-state index contributed by atoms with van der Waals surface area (Å²) in [5.74, 6) is -0.763. The van der Waals surface area contributed by atoms with Crippen molar-refractivity contribution in [3.8, 4) is 0 Å². The molecule has 0 aliphatic heterocycles. The molecule has 39 heavy (non-hydrogen) atoms. The number of hydrogen-bond acceptors (Lipinski definition) is 5. The predicted octanol–water partition coefficient (Wildman–Crippen LogP) is 6.98. The van der Waals surface area contributed by atoms with Crippen molar-refractivity contribution < 1.29 is 22.5 Å². The summed E-state index contributed by atoms with van der Waals surface area (Å²) >= 11 is 6.44. The molecule has 1 unspecified atom stereocenters. The van der Waals surface area contributed by atoms with Gasteiger partial charge in [-0.25, -0.2) is 17.2 Å². The maximum absolute atomic E-state index is 14.2. The van der Waals surface area contributed by atoms with E-state index in [0.717, 1.165) is 14.8 Å². The fourth-order valence-electron chi connectivity index (χ4n) is 4.16. The van der Waals surface area contributed by atoms with Crippen LogP contribution in [0.1, 0.15) is 57.6 Å². The van der Waals surface area contributed by atoms with Gasteiger partial charge in [-0.1, -0.05) is 69.3 Å². The number of allylic oxidation sites excluding steroid dienone is 4. The van der Waals surface area contributed by atoms with E-state index in [0.29, 0.717) is 27.8 Å². The number of esters is 1. The Labute approximate surface area is 237 Å². The summed E-state index contributed by atoms with van der Waals surface area (Å²) in [7, 11) is -5.92. The van der Waals surface area contributed by atoms with Gasteiger partial charge in [0.15, 0.2) is 5.69 Å². The first-order valence-electron chi connectivity index (χ1n) is 12.7. The van der Waals surface area contributed by atoms with E-state index in [1.54, 1.807) is 38.1 Å². The molecule has 0 saturated carbocycles. The van der Waals surface area contributed by atoms with E-state index < -0.39 is 24.1 Å².